The van der Waals surface area contributed by atoms with Gasteiger partial charge in [0, 0.05) is 12.5 Å². The van der Waals surface area contributed by atoms with Crippen molar-refractivity contribution in [2.24, 2.45) is 11.8 Å². The van der Waals surface area contributed by atoms with E-state index in [-0.39, 0.29) is 12.0 Å². The summed E-state index contributed by atoms with van der Waals surface area (Å²) in [5.74, 6) is 0.0749. The predicted octanol–water partition coefficient (Wildman–Crippen LogP) is 2.12. The molecule has 0 aromatic carbocycles. The van der Waals surface area contributed by atoms with Gasteiger partial charge < -0.3 is 9.84 Å². The van der Waals surface area contributed by atoms with Gasteiger partial charge in [-0.3, -0.25) is 4.90 Å². The van der Waals surface area contributed by atoms with Gasteiger partial charge in [0.2, 0.25) is 0 Å². The summed E-state index contributed by atoms with van der Waals surface area (Å²) < 4.78 is 5.77. The molecular formula is C17H27NO3. The highest BCUT2D eigenvalue weighted by Gasteiger charge is 2.46. The van der Waals surface area contributed by atoms with Crippen LogP contribution in [0.25, 0.3) is 0 Å². The molecule has 0 aromatic heterocycles. The second-order valence-corrected chi connectivity index (χ2v) is 6.89. The molecule has 118 valence electrons. The molecule has 0 radical (unpaired) electrons. The average molecular weight is 293 g/mol. The molecule has 4 aliphatic rings. The summed E-state index contributed by atoms with van der Waals surface area (Å²) in [5.41, 5.74) is -1.42. The number of carbonyl (C=O) groups is 1. The Kier molecular flexibility index (Phi) is 4.36. The number of allylic oxidation sites excluding steroid dienone is 1. The van der Waals surface area contributed by atoms with Gasteiger partial charge in [-0.25, -0.2) is 4.79 Å². The smallest absolute Gasteiger partial charge is 0.342 e. The van der Waals surface area contributed by atoms with Crippen molar-refractivity contribution in [3.05, 3.63) is 12.2 Å². The van der Waals surface area contributed by atoms with Gasteiger partial charge in [-0.2, -0.15) is 0 Å². The number of fused-ring (bicyclic) bond motifs is 3. The summed E-state index contributed by atoms with van der Waals surface area (Å²) in [4.78, 5) is 15.0. The van der Waals surface area contributed by atoms with Crippen molar-refractivity contribution in [1.82, 2.24) is 4.90 Å². The van der Waals surface area contributed by atoms with Gasteiger partial charge in [0.25, 0.3) is 0 Å². The van der Waals surface area contributed by atoms with E-state index in [1.165, 1.54) is 0 Å². The quantitative estimate of drug-likeness (QED) is 0.637. The number of esters is 1. The fraction of sp³-hybridized carbons (Fsp3) is 0.824. The Morgan fingerprint density at radius 3 is 2.43 bits per heavy atom. The number of hydrogen-bond donors (Lipinski definition) is 1. The Hall–Kier alpha value is -0.870. The van der Waals surface area contributed by atoms with Crippen LogP contribution in [0.2, 0.25) is 0 Å². The lowest BCUT2D eigenvalue weighted by Crippen LogP contribution is -2.54. The molecule has 2 bridgehead atoms. The molecule has 4 fully saturated rings. The monoisotopic (exact) mass is 293 g/mol. The molecule has 4 nitrogen and oxygen atoms in total. The maximum atomic E-state index is 12.6. The fourth-order valence-corrected chi connectivity index (χ4v) is 4.27. The van der Waals surface area contributed by atoms with Crippen LogP contribution in [-0.4, -0.2) is 47.3 Å². The maximum absolute atomic E-state index is 12.6. The first kappa shape index (κ1) is 15.0. The van der Waals surface area contributed by atoms with Crippen molar-refractivity contribution in [1.29, 1.82) is 0 Å². The molecule has 4 rings (SSSR count). The number of carbonyl (C=O) groups excluding carboxylic acids is 1. The molecule has 4 heteroatoms. The minimum atomic E-state index is -1.42. The van der Waals surface area contributed by atoms with Crippen molar-refractivity contribution in [2.45, 2.75) is 57.2 Å². The summed E-state index contributed by atoms with van der Waals surface area (Å²) in [6.45, 7) is 4.94. The first-order chi connectivity index (χ1) is 10.1. The normalized spacial score (nSPS) is 36.0. The zero-order chi connectivity index (χ0) is 14.9. The Labute approximate surface area is 127 Å². The minimum Gasteiger partial charge on any atom is -0.458 e. The van der Waals surface area contributed by atoms with Crippen LogP contribution in [0.4, 0.5) is 0 Å². The lowest BCUT2D eigenvalue weighted by molar-refractivity contribution is -0.180. The molecule has 3 heterocycles. The van der Waals surface area contributed by atoms with Crippen molar-refractivity contribution in [3.63, 3.8) is 0 Å². The number of ether oxygens (including phenoxy) is 1. The van der Waals surface area contributed by atoms with Crippen LogP contribution < -0.4 is 0 Å². The van der Waals surface area contributed by atoms with E-state index in [9.17, 15) is 9.90 Å². The molecule has 21 heavy (non-hydrogen) atoms. The Morgan fingerprint density at radius 2 is 1.90 bits per heavy atom. The molecule has 0 aromatic rings. The molecule has 2 atom stereocenters. The fourth-order valence-electron chi connectivity index (χ4n) is 4.27. The van der Waals surface area contributed by atoms with Crippen LogP contribution in [0.15, 0.2) is 12.2 Å². The summed E-state index contributed by atoms with van der Waals surface area (Å²) >= 11 is 0. The highest BCUT2D eigenvalue weighted by molar-refractivity contribution is 5.82. The number of piperidine rings is 3. The van der Waals surface area contributed by atoms with Crippen LogP contribution in [0.3, 0.4) is 0 Å². The second kappa shape index (κ2) is 6.09. The standard InChI is InChI=1S/C17H27NO3/c1-2-9-17(20,14-5-3-4-6-14)16(19)21-15-12-18-10-7-13(15)8-11-18/h2,9,13-15,20H,3-8,10-12H2,1H3/b9-2-/t15-,17+/m1/s1. The molecule has 3 aliphatic heterocycles. The Bertz CT molecular complexity index is 408. The van der Waals surface area contributed by atoms with Crippen LogP contribution >= 0.6 is 0 Å². The molecule has 1 aliphatic carbocycles. The highest BCUT2D eigenvalue weighted by Crippen LogP contribution is 2.37. The number of nitrogens with zero attached hydrogens (tertiary/aromatic N) is 1. The molecule has 0 spiro atoms. The van der Waals surface area contributed by atoms with Gasteiger partial charge in [0.05, 0.1) is 0 Å². The topological polar surface area (TPSA) is 49.8 Å². The number of rotatable bonds is 4. The molecule has 3 saturated heterocycles. The molecule has 0 amide bonds. The van der Waals surface area contributed by atoms with Gasteiger partial charge in [0.15, 0.2) is 5.60 Å². The molecule has 1 saturated carbocycles. The van der Waals surface area contributed by atoms with Crippen LogP contribution in [-0.2, 0) is 9.53 Å². The third kappa shape index (κ3) is 2.88. The van der Waals surface area contributed by atoms with Crippen LogP contribution in [0.1, 0.15) is 45.4 Å². The maximum Gasteiger partial charge on any atom is 0.342 e. The van der Waals surface area contributed by atoms with Gasteiger partial charge >= 0.3 is 5.97 Å². The highest BCUT2D eigenvalue weighted by atomic mass is 16.6. The summed E-state index contributed by atoms with van der Waals surface area (Å²) in [6, 6.07) is 0. The third-order valence-electron chi connectivity index (χ3n) is 5.58. The van der Waals surface area contributed by atoms with Gasteiger partial charge in [0.1, 0.15) is 6.10 Å². The first-order valence-corrected chi connectivity index (χ1v) is 8.43. The van der Waals surface area contributed by atoms with E-state index >= 15 is 0 Å². The summed E-state index contributed by atoms with van der Waals surface area (Å²) in [6.07, 6.45) is 9.63. The largest absolute Gasteiger partial charge is 0.458 e. The van der Waals surface area contributed by atoms with E-state index in [0.717, 1.165) is 58.2 Å². The number of aliphatic hydroxyl groups is 1. The van der Waals surface area contributed by atoms with E-state index in [1.54, 1.807) is 12.2 Å². The summed E-state index contributed by atoms with van der Waals surface area (Å²) in [5, 5.41) is 10.9. The van der Waals surface area contributed by atoms with Crippen molar-refractivity contribution in [3.8, 4) is 0 Å². The lowest BCUT2D eigenvalue weighted by Gasteiger charge is -2.44. The minimum absolute atomic E-state index is 0.0160. The van der Waals surface area contributed by atoms with Crippen LogP contribution in [0.5, 0.6) is 0 Å². The van der Waals surface area contributed by atoms with Crippen molar-refractivity contribution in [2.75, 3.05) is 19.6 Å². The van der Waals surface area contributed by atoms with E-state index < -0.39 is 11.6 Å². The first-order valence-electron chi connectivity index (χ1n) is 8.43. The van der Waals surface area contributed by atoms with Gasteiger partial charge in [-0.15, -0.1) is 0 Å². The predicted molar refractivity (Wildman–Crippen MR) is 80.8 cm³/mol. The molecular weight excluding hydrogens is 266 g/mol. The van der Waals surface area contributed by atoms with Gasteiger partial charge in [-0.05, 0) is 57.7 Å². The summed E-state index contributed by atoms with van der Waals surface area (Å²) in [7, 11) is 0. The zero-order valence-corrected chi connectivity index (χ0v) is 13.0. The van der Waals surface area contributed by atoms with E-state index in [4.69, 9.17) is 4.74 Å². The van der Waals surface area contributed by atoms with Crippen molar-refractivity contribution < 1.29 is 14.6 Å². The van der Waals surface area contributed by atoms with Gasteiger partial charge in [-0.1, -0.05) is 18.9 Å². The lowest BCUT2D eigenvalue weighted by atomic mass is 9.84. The van der Waals surface area contributed by atoms with Crippen molar-refractivity contribution >= 4 is 5.97 Å². The molecule has 1 N–H and O–H groups in total. The Balaban J connectivity index is 1.69. The third-order valence-corrected chi connectivity index (χ3v) is 5.58. The zero-order valence-electron chi connectivity index (χ0n) is 13.0. The molecule has 0 unspecified atom stereocenters. The number of hydrogen-bond acceptors (Lipinski definition) is 4. The van der Waals surface area contributed by atoms with E-state index in [1.807, 2.05) is 6.92 Å². The van der Waals surface area contributed by atoms with Crippen LogP contribution in [0, 0.1) is 11.8 Å². The van der Waals surface area contributed by atoms with E-state index in [0.29, 0.717) is 5.92 Å². The van der Waals surface area contributed by atoms with E-state index in [2.05, 4.69) is 4.90 Å². The SMILES string of the molecule is C/C=C\[C@@](O)(C(=O)O[C@@H]1CN2CCC1CC2)C1CCCC1. The Morgan fingerprint density at radius 1 is 1.24 bits per heavy atom. The second-order valence-electron chi connectivity index (χ2n) is 6.89. The average Bonchev–Trinajstić information content (AvgIpc) is 3.03.